The SMILES string of the molecule is Cc1nc2cccnc2n1C1CCCCO1. The number of aryl methyl sites for hydroxylation is 1. The van der Waals surface area contributed by atoms with Gasteiger partial charge in [0, 0.05) is 12.8 Å². The summed E-state index contributed by atoms with van der Waals surface area (Å²) in [6, 6.07) is 3.91. The van der Waals surface area contributed by atoms with E-state index in [0.717, 1.165) is 36.4 Å². The van der Waals surface area contributed by atoms with Gasteiger partial charge in [0.1, 0.15) is 17.6 Å². The molecular weight excluding hydrogens is 202 g/mol. The summed E-state index contributed by atoms with van der Waals surface area (Å²) >= 11 is 0. The van der Waals surface area contributed by atoms with E-state index in [9.17, 15) is 0 Å². The van der Waals surface area contributed by atoms with Gasteiger partial charge < -0.3 is 4.74 Å². The van der Waals surface area contributed by atoms with Gasteiger partial charge in [-0.25, -0.2) is 9.97 Å². The van der Waals surface area contributed by atoms with E-state index in [1.165, 1.54) is 6.42 Å². The Hall–Kier alpha value is -1.42. The summed E-state index contributed by atoms with van der Waals surface area (Å²) in [4.78, 5) is 8.91. The van der Waals surface area contributed by atoms with Gasteiger partial charge in [0.25, 0.3) is 0 Å². The third-order valence-corrected chi connectivity index (χ3v) is 3.07. The Morgan fingerprint density at radius 3 is 3.19 bits per heavy atom. The molecule has 0 saturated carbocycles. The van der Waals surface area contributed by atoms with E-state index in [1.807, 2.05) is 25.3 Å². The lowest BCUT2D eigenvalue weighted by Gasteiger charge is -2.24. The molecule has 1 unspecified atom stereocenters. The molecule has 4 heteroatoms. The first-order valence-corrected chi connectivity index (χ1v) is 5.77. The summed E-state index contributed by atoms with van der Waals surface area (Å²) in [6.45, 7) is 2.86. The number of nitrogens with zero attached hydrogens (tertiary/aromatic N) is 3. The van der Waals surface area contributed by atoms with E-state index in [-0.39, 0.29) is 6.23 Å². The minimum atomic E-state index is 0.119. The highest BCUT2D eigenvalue weighted by molar-refractivity contribution is 5.71. The summed E-state index contributed by atoms with van der Waals surface area (Å²) in [5, 5.41) is 0. The van der Waals surface area contributed by atoms with Gasteiger partial charge in [0.15, 0.2) is 5.65 Å². The van der Waals surface area contributed by atoms with Crippen LogP contribution in [0.2, 0.25) is 0 Å². The molecule has 0 spiro atoms. The summed E-state index contributed by atoms with van der Waals surface area (Å²) < 4.78 is 7.91. The number of ether oxygens (including phenoxy) is 1. The van der Waals surface area contributed by atoms with E-state index >= 15 is 0 Å². The van der Waals surface area contributed by atoms with Crippen LogP contribution in [0.4, 0.5) is 0 Å². The van der Waals surface area contributed by atoms with E-state index < -0.39 is 0 Å². The van der Waals surface area contributed by atoms with Gasteiger partial charge in [-0.3, -0.25) is 4.57 Å². The van der Waals surface area contributed by atoms with Crippen molar-refractivity contribution < 1.29 is 4.74 Å². The maximum absolute atomic E-state index is 5.79. The second-order valence-corrected chi connectivity index (χ2v) is 4.20. The molecule has 1 fully saturated rings. The van der Waals surface area contributed by atoms with Crippen molar-refractivity contribution in [2.75, 3.05) is 6.61 Å². The molecule has 3 rings (SSSR count). The van der Waals surface area contributed by atoms with Crippen LogP contribution in [0.1, 0.15) is 31.3 Å². The molecule has 0 radical (unpaired) electrons. The van der Waals surface area contributed by atoms with Crippen LogP contribution in [0.15, 0.2) is 18.3 Å². The average molecular weight is 217 g/mol. The molecule has 0 N–H and O–H groups in total. The lowest BCUT2D eigenvalue weighted by Crippen LogP contribution is -2.19. The van der Waals surface area contributed by atoms with E-state index in [0.29, 0.717) is 0 Å². The molecule has 3 heterocycles. The molecule has 4 nitrogen and oxygen atoms in total. The Kier molecular flexibility index (Phi) is 2.36. The molecule has 2 aromatic rings. The maximum atomic E-state index is 5.79. The van der Waals surface area contributed by atoms with Crippen LogP contribution < -0.4 is 0 Å². The number of fused-ring (bicyclic) bond motifs is 1. The average Bonchev–Trinajstić information content (AvgIpc) is 2.66. The largest absolute Gasteiger partial charge is 0.358 e. The van der Waals surface area contributed by atoms with Crippen molar-refractivity contribution in [3.8, 4) is 0 Å². The van der Waals surface area contributed by atoms with Gasteiger partial charge in [0.2, 0.25) is 0 Å². The van der Waals surface area contributed by atoms with Crippen molar-refractivity contribution >= 4 is 11.2 Å². The third-order valence-electron chi connectivity index (χ3n) is 3.07. The van der Waals surface area contributed by atoms with Crippen molar-refractivity contribution in [2.45, 2.75) is 32.4 Å². The molecular formula is C12H15N3O. The quantitative estimate of drug-likeness (QED) is 0.736. The monoisotopic (exact) mass is 217 g/mol. The Balaban J connectivity index is 2.10. The van der Waals surface area contributed by atoms with Crippen LogP contribution in [0.5, 0.6) is 0 Å². The van der Waals surface area contributed by atoms with Crippen LogP contribution in [-0.2, 0) is 4.74 Å². The molecule has 0 bridgehead atoms. The molecule has 0 amide bonds. The van der Waals surface area contributed by atoms with Crippen molar-refractivity contribution in [1.82, 2.24) is 14.5 Å². The fourth-order valence-electron chi connectivity index (χ4n) is 2.31. The first-order chi connectivity index (χ1) is 7.86. The fourth-order valence-corrected chi connectivity index (χ4v) is 2.31. The predicted molar refractivity (Wildman–Crippen MR) is 61.1 cm³/mol. The Morgan fingerprint density at radius 1 is 1.44 bits per heavy atom. The molecule has 1 saturated heterocycles. The highest BCUT2D eigenvalue weighted by Crippen LogP contribution is 2.27. The van der Waals surface area contributed by atoms with Gasteiger partial charge in [-0.2, -0.15) is 0 Å². The standard InChI is InChI=1S/C12H15N3O/c1-9-14-10-5-4-7-13-12(10)15(9)11-6-2-3-8-16-11/h4-5,7,11H,2-3,6,8H2,1H3. The van der Waals surface area contributed by atoms with E-state index in [4.69, 9.17) is 4.74 Å². The number of pyridine rings is 1. The van der Waals surface area contributed by atoms with Crippen LogP contribution in [0.25, 0.3) is 11.2 Å². The van der Waals surface area contributed by atoms with Gasteiger partial charge in [-0.15, -0.1) is 0 Å². The van der Waals surface area contributed by atoms with Crippen molar-refractivity contribution in [3.63, 3.8) is 0 Å². The first-order valence-electron chi connectivity index (χ1n) is 5.77. The number of aromatic nitrogens is 3. The molecule has 0 aliphatic carbocycles. The molecule has 0 aromatic carbocycles. The number of hydrogen-bond acceptors (Lipinski definition) is 3. The summed E-state index contributed by atoms with van der Waals surface area (Å²) in [5.74, 6) is 0.987. The normalized spacial score (nSPS) is 21.4. The molecule has 16 heavy (non-hydrogen) atoms. The van der Waals surface area contributed by atoms with Crippen LogP contribution in [0, 0.1) is 6.92 Å². The van der Waals surface area contributed by atoms with Crippen molar-refractivity contribution in [3.05, 3.63) is 24.2 Å². The van der Waals surface area contributed by atoms with Crippen molar-refractivity contribution in [2.24, 2.45) is 0 Å². The highest BCUT2D eigenvalue weighted by Gasteiger charge is 2.20. The van der Waals surface area contributed by atoms with E-state index in [2.05, 4.69) is 14.5 Å². The summed E-state index contributed by atoms with van der Waals surface area (Å²) in [6.07, 6.45) is 5.37. The van der Waals surface area contributed by atoms with Crippen LogP contribution in [0.3, 0.4) is 0 Å². The lowest BCUT2D eigenvalue weighted by atomic mass is 10.2. The van der Waals surface area contributed by atoms with Gasteiger partial charge in [-0.05, 0) is 38.3 Å². The lowest BCUT2D eigenvalue weighted by molar-refractivity contribution is -0.0309. The Bertz CT molecular complexity index is 500. The molecule has 2 aromatic heterocycles. The van der Waals surface area contributed by atoms with E-state index in [1.54, 1.807) is 0 Å². The topological polar surface area (TPSA) is 39.9 Å². The summed E-state index contributed by atoms with van der Waals surface area (Å²) in [7, 11) is 0. The molecule has 1 aliphatic rings. The first kappa shape index (κ1) is 9.78. The number of imidazole rings is 1. The van der Waals surface area contributed by atoms with Crippen LogP contribution >= 0.6 is 0 Å². The van der Waals surface area contributed by atoms with Gasteiger partial charge in [0.05, 0.1) is 0 Å². The van der Waals surface area contributed by atoms with Crippen molar-refractivity contribution in [1.29, 1.82) is 0 Å². The second-order valence-electron chi connectivity index (χ2n) is 4.20. The minimum Gasteiger partial charge on any atom is -0.358 e. The Labute approximate surface area is 94.3 Å². The molecule has 1 aliphatic heterocycles. The minimum absolute atomic E-state index is 0.119. The fraction of sp³-hybridized carbons (Fsp3) is 0.500. The molecule has 1 atom stereocenters. The number of hydrogen-bond donors (Lipinski definition) is 0. The zero-order valence-electron chi connectivity index (χ0n) is 9.39. The van der Waals surface area contributed by atoms with Gasteiger partial charge in [-0.1, -0.05) is 0 Å². The molecule has 84 valence electrons. The Morgan fingerprint density at radius 2 is 2.38 bits per heavy atom. The van der Waals surface area contributed by atoms with Gasteiger partial charge >= 0.3 is 0 Å². The third kappa shape index (κ3) is 1.50. The maximum Gasteiger partial charge on any atom is 0.162 e. The zero-order valence-corrected chi connectivity index (χ0v) is 9.39. The predicted octanol–water partition coefficient (Wildman–Crippen LogP) is 2.44. The number of rotatable bonds is 1. The zero-order chi connectivity index (χ0) is 11.0. The second kappa shape index (κ2) is 3.87. The van der Waals surface area contributed by atoms with Crippen LogP contribution in [-0.4, -0.2) is 21.1 Å². The summed E-state index contributed by atoms with van der Waals surface area (Å²) in [5.41, 5.74) is 1.89. The highest BCUT2D eigenvalue weighted by atomic mass is 16.5. The smallest absolute Gasteiger partial charge is 0.162 e.